The fraction of sp³-hybridized carbons (Fsp3) is 0.353. The van der Waals surface area contributed by atoms with Crippen LogP contribution in [0.3, 0.4) is 0 Å². The summed E-state index contributed by atoms with van der Waals surface area (Å²) in [5, 5.41) is 4.04. The Kier molecular flexibility index (Phi) is 4.06. The lowest BCUT2D eigenvalue weighted by molar-refractivity contribution is 0.263. The molecule has 0 aliphatic carbocycles. The van der Waals surface area contributed by atoms with Crippen LogP contribution in [0.25, 0.3) is 12.2 Å². The zero-order valence-electron chi connectivity index (χ0n) is 12.3. The monoisotopic (exact) mass is 285 g/mol. The number of hydrogen-bond donors (Lipinski definition) is 0. The largest absolute Gasteiger partial charge is 0.491 e. The predicted octanol–water partition coefficient (Wildman–Crippen LogP) is 3.75. The summed E-state index contributed by atoms with van der Waals surface area (Å²) in [5.41, 5.74) is 2.03. The van der Waals surface area contributed by atoms with E-state index in [9.17, 15) is 0 Å². The molecule has 1 aromatic heterocycles. The van der Waals surface area contributed by atoms with Gasteiger partial charge >= 0.3 is 0 Å². The molecule has 0 radical (unpaired) electrons. The summed E-state index contributed by atoms with van der Waals surface area (Å²) in [5.74, 6) is 1.99. The first-order valence-electron chi connectivity index (χ1n) is 7.20. The molecule has 1 aliphatic rings. The second-order valence-corrected chi connectivity index (χ2v) is 5.48. The normalized spacial score (nSPS) is 17.6. The van der Waals surface area contributed by atoms with Crippen LogP contribution in [0.5, 0.6) is 5.75 Å². The highest BCUT2D eigenvalue weighted by molar-refractivity contribution is 5.68. The van der Waals surface area contributed by atoms with Gasteiger partial charge in [-0.3, -0.25) is 0 Å². The lowest BCUT2D eigenvalue weighted by atomic mass is 10.1. The van der Waals surface area contributed by atoms with Gasteiger partial charge in [-0.2, -0.15) is 0 Å². The second-order valence-electron chi connectivity index (χ2n) is 5.48. The van der Waals surface area contributed by atoms with Crippen molar-refractivity contribution in [2.45, 2.75) is 25.9 Å². The molecule has 110 valence electrons. The van der Waals surface area contributed by atoms with Gasteiger partial charge in [-0.15, -0.1) is 0 Å². The molecule has 1 atom stereocenters. The van der Waals surface area contributed by atoms with Crippen molar-refractivity contribution >= 4 is 12.2 Å². The second kappa shape index (κ2) is 6.14. The Balaban J connectivity index is 1.64. The van der Waals surface area contributed by atoms with Gasteiger partial charge in [0.05, 0.1) is 12.3 Å². The van der Waals surface area contributed by atoms with Crippen LogP contribution in [-0.2, 0) is 4.74 Å². The van der Waals surface area contributed by atoms with E-state index in [0.29, 0.717) is 12.5 Å². The van der Waals surface area contributed by atoms with Crippen LogP contribution in [-0.4, -0.2) is 24.5 Å². The van der Waals surface area contributed by atoms with Crippen LogP contribution in [0.1, 0.15) is 36.8 Å². The zero-order valence-corrected chi connectivity index (χ0v) is 12.3. The number of epoxide rings is 1. The van der Waals surface area contributed by atoms with E-state index in [4.69, 9.17) is 14.0 Å². The maximum Gasteiger partial charge on any atom is 0.159 e. The van der Waals surface area contributed by atoms with Gasteiger partial charge in [-0.25, -0.2) is 0 Å². The van der Waals surface area contributed by atoms with E-state index >= 15 is 0 Å². The lowest BCUT2D eigenvalue weighted by Gasteiger charge is -2.04. The third-order valence-corrected chi connectivity index (χ3v) is 3.27. The Morgan fingerprint density at radius 1 is 1.33 bits per heavy atom. The number of benzene rings is 1. The highest BCUT2D eigenvalue weighted by Crippen LogP contribution is 2.19. The molecule has 3 rings (SSSR count). The Morgan fingerprint density at radius 2 is 2.19 bits per heavy atom. The molecule has 0 amide bonds. The molecule has 4 nitrogen and oxygen atoms in total. The van der Waals surface area contributed by atoms with Gasteiger partial charge in [-0.1, -0.05) is 37.2 Å². The summed E-state index contributed by atoms with van der Waals surface area (Å²) < 4.78 is 16.1. The molecule has 0 saturated carbocycles. The molecular formula is C17H19NO3. The van der Waals surface area contributed by atoms with Crippen molar-refractivity contribution in [3.8, 4) is 5.75 Å². The number of ether oxygens (including phenoxy) is 2. The summed E-state index contributed by atoms with van der Waals surface area (Å²) in [6.45, 7) is 5.61. The van der Waals surface area contributed by atoms with Gasteiger partial charge in [0.1, 0.15) is 18.5 Å². The minimum Gasteiger partial charge on any atom is -0.491 e. The topological polar surface area (TPSA) is 47.8 Å². The highest BCUT2D eigenvalue weighted by Gasteiger charge is 2.22. The average Bonchev–Trinajstić information content (AvgIpc) is 3.19. The van der Waals surface area contributed by atoms with Gasteiger partial charge < -0.3 is 14.0 Å². The Labute approximate surface area is 124 Å². The molecule has 2 heterocycles. The SMILES string of the molecule is CC(C)c1cc(C=Cc2cccc(OCC3CO3)c2)on1. The number of nitrogens with zero attached hydrogens (tertiary/aromatic N) is 1. The minimum atomic E-state index is 0.271. The fourth-order valence-corrected chi connectivity index (χ4v) is 1.89. The molecule has 4 heteroatoms. The highest BCUT2D eigenvalue weighted by atomic mass is 16.6. The Morgan fingerprint density at radius 3 is 2.90 bits per heavy atom. The van der Waals surface area contributed by atoms with E-state index in [-0.39, 0.29) is 6.10 Å². The molecule has 2 aromatic rings. The summed E-state index contributed by atoms with van der Waals surface area (Å²) in [6, 6.07) is 9.91. The van der Waals surface area contributed by atoms with E-state index in [2.05, 4.69) is 19.0 Å². The van der Waals surface area contributed by atoms with E-state index in [1.54, 1.807) is 0 Å². The van der Waals surface area contributed by atoms with Crippen molar-refractivity contribution in [2.24, 2.45) is 0 Å². The smallest absolute Gasteiger partial charge is 0.159 e. The first-order chi connectivity index (χ1) is 10.2. The standard InChI is InChI=1S/C17H19NO3/c1-12(2)17-9-15(21-18-17)7-6-13-4-3-5-14(8-13)19-10-16-11-20-16/h3-9,12,16H,10-11H2,1-2H3. The third kappa shape index (κ3) is 3.95. The number of hydrogen-bond acceptors (Lipinski definition) is 4. The molecule has 1 fully saturated rings. The molecule has 21 heavy (non-hydrogen) atoms. The van der Waals surface area contributed by atoms with Crippen molar-refractivity contribution in [2.75, 3.05) is 13.2 Å². The minimum absolute atomic E-state index is 0.271. The first-order valence-corrected chi connectivity index (χ1v) is 7.20. The predicted molar refractivity (Wildman–Crippen MR) is 81.2 cm³/mol. The molecule has 0 bridgehead atoms. The third-order valence-electron chi connectivity index (χ3n) is 3.27. The van der Waals surface area contributed by atoms with Gasteiger partial charge in [-0.05, 0) is 29.7 Å². The molecule has 1 aromatic carbocycles. The van der Waals surface area contributed by atoms with E-state index in [1.807, 2.05) is 42.5 Å². The number of rotatable bonds is 6. The fourth-order valence-electron chi connectivity index (χ4n) is 1.89. The van der Waals surface area contributed by atoms with Crippen molar-refractivity contribution in [3.05, 3.63) is 47.3 Å². The van der Waals surface area contributed by atoms with Crippen molar-refractivity contribution in [1.29, 1.82) is 0 Å². The van der Waals surface area contributed by atoms with Crippen LogP contribution in [0.4, 0.5) is 0 Å². The average molecular weight is 285 g/mol. The van der Waals surface area contributed by atoms with Gasteiger partial charge in [0.2, 0.25) is 0 Å². The van der Waals surface area contributed by atoms with Crippen LogP contribution >= 0.6 is 0 Å². The van der Waals surface area contributed by atoms with Crippen LogP contribution in [0.2, 0.25) is 0 Å². The Hall–Kier alpha value is -2.07. The summed E-state index contributed by atoms with van der Waals surface area (Å²) in [6.07, 6.45) is 4.18. The van der Waals surface area contributed by atoms with Crippen molar-refractivity contribution < 1.29 is 14.0 Å². The quantitative estimate of drug-likeness (QED) is 0.758. The van der Waals surface area contributed by atoms with Crippen LogP contribution < -0.4 is 4.74 Å². The van der Waals surface area contributed by atoms with Crippen molar-refractivity contribution in [3.63, 3.8) is 0 Å². The zero-order chi connectivity index (χ0) is 14.7. The molecule has 1 aliphatic heterocycles. The Bertz CT molecular complexity index is 626. The first kappa shape index (κ1) is 13.9. The summed E-state index contributed by atoms with van der Waals surface area (Å²) >= 11 is 0. The van der Waals surface area contributed by atoms with Crippen LogP contribution in [0, 0.1) is 0 Å². The van der Waals surface area contributed by atoms with E-state index in [1.165, 1.54) is 0 Å². The maximum atomic E-state index is 5.66. The van der Waals surface area contributed by atoms with Crippen LogP contribution in [0.15, 0.2) is 34.9 Å². The van der Waals surface area contributed by atoms with Crippen molar-refractivity contribution in [1.82, 2.24) is 5.16 Å². The molecule has 1 unspecified atom stereocenters. The number of aromatic nitrogens is 1. The maximum absolute atomic E-state index is 5.66. The molecular weight excluding hydrogens is 266 g/mol. The van der Waals surface area contributed by atoms with Gasteiger partial charge in [0.15, 0.2) is 5.76 Å². The van der Waals surface area contributed by atoms with E-state index in [0.717, 1.165) is 29.4 Å². The molecule has 0 spiro atoms. The molecule has 1 saturated heterocycles. The van der Waals surface area contributed by atoms with Gasteiger partial charge in [0, 0.05) is 6.07 Å². The lowest BCUT2D eigenvalue weighted by Crippen LogP contribution is -2.03. The molecule has 0 N–H and O–H groups in total. The summed E-state index contributed by atoms with van der Waals surface area (Å²) in [4.78, 5) is 0. The summed E-state index contributed by atoms with van der Waals surface area (Å²) in [7, 11) is 0. The van der Waals surface area contributed by atoms with Gasteiger partial charge in [0.25, 0.3) is 0 Å². The van der Waals surface area contributed by atoms with E-state index < -0.39 is 0 Å².